The van der Waals surface area contributed by atoms with Crippen molar-refractivity contribution in [1.29, 1.82) is 0 Å². The van der Waals surface area contributed by atoms with Crippen molar-refractivity contribution in [2.24, 2.45) is 5.41 Å². The monoisotopic (exact) mass is 529 g/mol. The van der Waals surface area contributed by atoms with Gasteiger partial charge in [-0.05, 0) is 36.1 Å². The number of thiazole rings is 1. The van der Waals surface area contributed by atoms with Crippen LogP contribution in [0.25, 0.3) is 11.3 Å². The van der Waals surface area contributed by atoms with Crippen LogP contribution in [0, 0.1) is 12.3 Å². The van der Waals surface area contributed by atoms with Crippen LogP contribution in [-0.4, -0.2) is 16.8 Å². The van der Waals surface area contributed by atoms with Crippen molar-refractivity contribution in [2.45, 2.75) is 44.3 Å². The molecule has 5 nitrogen and oxygen atoms in total. The van der Waals surface area contributed by atoms with Gasteiger partial charge in [-0.15, -0.1) is 23.1 Å². The molecule has 1 aromatic heterocycles. The van der Waals surface area contributed by atoms with Gasteiger partial charge in [0.2, 0.25) is 11.8 Å². The van der Waals surface area contributed by atoms with Crippen molar-refractivity contribution in [1.82, 2.24) is 4.98 Å². The van der Waals surface area contributed by atoms with Gasteiger partial charge in [-0.1, -0.05) is 87.5 Å². The molecule has 0 spiro atoms. The first-order valence-corrected chi connectivity index (χ1v) is 13.8. The zero-order chi connectivity index (χ0) is 26.4. The third kappa shape index (κ3) is 7.54. The Balaban J connectivity index is 1.54. The molecule has 0 radical (unpaired) electrons. The average molecular weight is 530 g/mol. The Morgan fingerprint density at radius 1 is 0.919 bits per heavy atom. The third-order valence-electron chi connectivity index (χ3n) is 5.48. The van der Waals surface area contributed by atoms with Crippen LogP contribution < -0.4 is 10.6 Å². The summed E-state index contributed by atoms with van der Waals surface area (Å²) in [6.07, 6.45) is 0.428. The van der Waals surface area contributed by atoms with E-state index in [0.717, 1.165) is 32.3 Å². The maximum atomic E-state index is 13.6. The summed E-state index contributed by atoms with van der Waals surface area (Å²) in [5.74, 6) is -0.174. The molecule has 7 heteroatoms. The zero-order valence-corrected chi connectivity index (χ0v) is 23.1. The van der Waals surface area contributed by atoms with Gasteiger partial charge < -0.3 is 10.6 Å². The Labute approximate surface area is 226 Å². The highest BCUT2D eigenvalue weighted by atomic mass is 32.2. The summed E-state index contributed by atoms with van der Waals surface area (Å²) in [4.78, 5) is 32.6. The summed E-state index contributed by atoms with van der Waals surface area (Å²) in [6.45, 7) is 8.12. The molecule has 2 N–H and O–H groups in total. The van der Waals surface area contributed by atoms with E-state index in [-0.39, 0.29) is 17.2 Å². The minimum absolute atomic E-state index is 0.0274. The van der Waals surface area contributed by atoms with Gasteiger partial charge >= 0.3 is 0 Å². The Morgan fingerprint density at radius 3 is 2.27 bits per heavy atom. The lowest BCUT2D eigenvalue weighted by molar-refractivity contribution is -0.118. The number of amides is 2. The van der Waals surface area contributed by atoms with Crippen LogP contribution in [0.2, 0.25) is 0 Å². The van der Waals surface area contributed by atoms with Crippen molar-refractivity contribution in [3.05, 3.63) is 95.4 Å². The number of aryl methyl sites for hydroxylation is 1. The summed E-state index contributed by atoms with van der Waals surface area (Å²) in [6, 6.07) is 27.3. The average Bonchev–Trinajstić information content (AvgIpc) is 3.22. The Bertz CT molecular complexity index is 1360. The third-order valence-corrected chi connectivity index (χ3v) is 7.61. The smallest absolute Gasteiger partial charge is 0.244 e. The van der Waals surface area contributed by atoms with E-state index < -0.39 is 5.25 Å². The van der Waals surface area contributed by atoms with Gasteiger partial charge in [0.15, 0.2) is 5.13 Å². The van der Waals surface area contributed by atoms with E-state index in [1.54, 1.807) is 0 Å². The van der Waals surface area contributed by atoms with Gasteiger partial charge in [-0.3, -0.25) is 9.59 Å². The summed E-state index contributed by atoms with van der Waals surface area (Å²) < 4.78 is 0. The molecular formula is C30H31N3O2S2. The first kappa shape index (κ1) is 26.6. The van der Waals surface area contributed by atoms with Crippen LogP contribution in [0.4, 0.5) is 10.8 Å². The molecular weight excluding hydrogens is 498 g/mol. The predicted molar refractivity (Wildman–Crippen MR) is 155 cm³/mol. The molecule has 2 amide bonds. The van der Waals surface area contributed by atoms with Gasteiger partial charge in [0.25, 0.3) is 0 Å². The number of nitrogens with zero attached hydrogens (tertiary/aromatic N) is 1. The van der Waals surface area contributed by atoms with E-state index >= 15 is 0 Å². The normalized spacial score (nSPS) is 12.1. The number of anilines is 2. The number of benzene rings is 3. The molecule has 0 aliphatic carbocycles. The second kappa shape index (κ2) is 11.8. The SMILES string of the molecule is Cc1sc(NC(=O)C(Sc2cccc(NC(=O)CC(C)(C)C)c2)c2ccccc2)nc1-c1ccccc1. The summed E-state index contributed by atoms with van der Waals surface area (Å²) in [5, 5.41) is 6.11. The molecule has 3 aromatic carbocycles. The topological polar surface area (TPSA) is 71.1 Å². The molecule has 0 saturated carbocycles. The van der Waals surface area contributed by atoms with Crippen LogP contribution >= 0.6 is 23.1 Å². The molecule has 1 heterocycles. The molecule has 1 unspecified atom stereocenters. The lowest BCUT2D eigenvalue weighted by atomic mass is 9.92. The van der Waals surface area contributed by atoms with Crippen LogP contribution in [-0.2, 0) is 9.59 Å². The molecule has 0 bridgehead atoms. The predicted octanol–water partition coefficient (Wildman–Crippen LogP) is 7.97. The number of nitrogens with one attached hydrogen (secondary N) is 2. The lowest BCUT2D eigenvalue weighted by Gasteiger charge is -2.18. The van der Waals surface area contributed by atoms with Gasteiger partial charge in [0, 0.05) is 27.4 Å². The number of carbonyl (C=O) groups is 2. The minimum Gasteiger partial charge on any atom is -0.326 e. The molecule has 1 atom stereocenters. The molecule has 37 heavy (non-hydrogen) atoms. The molecule has 4 rings (SSSR count). The first-order chi connectivity index (χ1) is 17.7. The highest BCUT2D eigenvalue weighted by molar-refractivity contribution is 8.00. The van der Waals surface area contributed by atoms with E-state index in [9.17, 15) is 9.59 Å². The highest BCUT2D eigenvalue weighted by Crippen LogP contribution is 2.38. The van der Waals surface area contributed by atoms with Crippen molar-refractivity contribution in [3.63, 3.8) is 0 Å². The number of carbonyl (C=O) groups excluding carboxylic acids is 2. The number of thioether (sulfide) groups is 1. The fourth-order valence-electron chi connectivity index (χ4n) is 3.86. The quantitative estimate of drug-likeness (QED) is 0.227. The standard InChI is InChI=1S/C30H31N3O2S2/c1-20-26(21-12-7-5-8-13-21)32-29(36-20)33-28(35)27(22-14-9-6-10-15-22)37-24-17-11-16-23(18-24)31-25(34)19-30(2,3)4/h5-18,27H,19H2,1-4H3,(H,31,34)(H,32,33,35). The van der Waals surface area contributed by atoms with E-state index in [1.165, 1.54) is 23.1 Å². The van der Waals surface area contributed by atoms with Crippen LogP contribution in [0.3, 0.4) is 0 Å². The second-order valence-corrected chi connectivity index (χ2v) is 12.4. The highest BCUT2D eigenvalue weighted by Gasteiger charge is 2.24. The number of hydrogen-bond acceptors (Lipinski definition) is 5. The lowest BCUT2D eigenvalue weighted by Crippen LogP contribution is -2.20. The van der Waals surface area contributed by atoms with Crippen LogP contribution in [0.5, 0.6) is 0 Å². The molecule has 0 aliphatic rings. The van der Waals surface area contributed by atoms with E-state index in [0.29, 0.717) is 11.6 Å². The minimum atomic E-state index is -0.494. The zero-order valence-electron chi connectivity index (χ0n) is 21.4. The van der Waals surface area contributed by atoms with Gasteiger partial charge in [0.05, 0.1) is 5.69 Å². The van der Waals surface area contributed by atoms with Gasteiger partial charge in [-0.25, -0.2) is 4.98 Å². The van der Waals surface area contributed by atoms with Crippen molar-refractivity contribution in [3.8, 4) is 11.3 Å². The van der Waals surface area contributed by atoms with Crippen LogP contribution in [0.1, 0.15) is 42.9 Å². The molecule has 4 aromatic rings. The van der Waals surface area contributed by atoms with Crippen LogP contribution in [0.15, 0.2) is 89.8 Å². The van der Waals surface area contributed by atoms with E-state index in [2.05, 4.69) is 10.6 Å². The van der Waals surface area contributed by atoms with Crippen molar-refractivity contribution >= 4 is 45.7 Å². The number of hydrogen-bond donors (Lipinski definition) is 2. The van der Waals surface area contributed by atoms with Crippen molar-refractivity contribution in [2.75, 3.05) is 10.6 Å². The summed E-state index contributed by atoms with van der Waals surface area (Å²) in [5.41, 5.74) is 3.42. The van der Waals surface area contributed by atoms with E-state index in [1.807, 2.05) is 113 Å². The molecule has 0 fully saturated rings. The number of aromatic nitrogens is 1. The Hall–Kier alpha value is -3.42. The Morgan fingerprint density at radius 2 is 1.59 bits per heavy atom. The Kier molecular flexibility index (Phi) is 8.46. The maximum absolute atomic E-state index is 13.6. The summed E-state index contributed by atoms with van der Waals surface area (Å²) >= 11 is 2.91. The number of rotatable bonds is 8. The maximum Gasteiger partial charge on any atom is 0.244 e. The molecule has 0 aliphatic heterocycles. The van der Waals surface area contributed by atoms with Crippen molar-refractivity contribution < 1.29 is 9.59 Å². The van der Waals surface area contributed by atoms with Gasteiger partial charge in [-0.2, -0.15) is 0 Å². The molecule has 190 valence electrons. The largest absolute Gasteiger partial charge is 0.326 e. The van der Waals surface area contributed by atoms with E-state index in [4.69, 9.17) is 4.98 Å². The van der Waals surface area contributed by atoms with Gasteiger partial charge in [0.1, 0.15) is 5.25 Å². The fraction of sp³-hybridized carbons (Fsp3) is 0.233. The second-order valence-electron chi connectivity index (χ2n) is 10.0. The molecule has 0 saturated heterocycles. The summed E-state index contributed by atoms with van der Waals surface area (Å²) in [7, 11) is 0. The fourth-order valence-corrected chi connectivity index (χ4v) is 5.78. The first-order valence-electron chi connectivity index (χ1n) is 12.1.